The van der Waals surface area contributed by atoms with E-state index in [0.29, 0.717) is 24.3 Å². The van der Waals surface area contributed by atoms with E-state index in [1.165, 1.54) is 12.1 Å². The number of hydrogen-bond acceptors (Lipinski definition) is 5. The van der Waals surface area contributed by atoms with Gasteiger partial charge in [-0.15, -0.1) is 0 Å². The normalized spacial score (nSPS) is 19.8. The highest BCUT2D eigenvalue weighted by molar-refractivity contribution is 7.90. The van der Waals surface area contributed by atoms with Crippen molar-refractivity contribution in [3.8, 4) is 0 Å². The Morgan fingerprint density at radius 2 is 2.16 bits per heavy atom. The number of nitrogen functional groups attached to an aromatic ring is 1. The van der Waals surface area contributed by atoms with Crippen LogP contribution in [0.25, 0.3) is 0 Å². The van der Waals surface area contributed by atoms with Crippen LogP contribution in [0.3, 0.4) is 0 Å². The van der Waals surface area contributed by atoms with Gasteiger partial charge in [0, 0.05) is 25.3 Å². The number of sulfone groups is 1. The predicted octanol–water partition coefficient (Wildman–Crippen LogP) is 0.363. The van der Waals surface area contributed by atoms with E-state index < -0.39 is 9.84 Å². The van der Waals surface area contributed by atoms with Crippen molar-refractivity contribution in [1.29, 1.82) is 0 Å². The number of hydrogen-bond donors (Lipinski definition) is 3. The molecule has 1 aliphatic rings. The van der Waals surface area contributed by atoms with Crippen LogP contribution >= 0.6 is 0 Å². The molecule has 6 nitrogen and oxygen atoms in total. The minimum absolute atomic E-state index is 0.0541. The van der Waals surface area contributed by atoms with Crippen LogP contribution in [0.4, 0.5) is 11.4 Å². The number of anilines is 2. The van der Waals surface area contributed by atoms with Crippen LogP contribution in [0.1, 0.15) is 12.8 Å². The first-order valence-corrected chi connectivity index (χ1v) is 7.88. The number of nitrogens with two attached hydrogens (primary N) is 1. The molecule has 104 valence electrons. The van der Waals surface area contributed by atoms with Gasteiger partial charge in [-0.3, -0.25) is 4.79 Å². The fraction of sp³-hybridized carbons (Fsp3) is 0.417. The second-order valence-corrected chi connectivity index (χ2v) is 6.72. The smallest absolute Gasteiger partial charge is 0.220 e. The largest absolute Gasteiger partial charge is 0.397 e. The Morgan fingerprint density at radius 1 is 1.42 bits per heavy atom. The lowest BCUT2D eigenvalue weighted by atomic mass is 10.1. The summed E-state index contributed by atoms with van der Waals surface area (Å²) in [6.07, 6.45) is 2.36. The minimum atomic E-state index is -3.25. The number of benzene rings is 1. The molecule has 1 atom stereocenters. The lowest BCUT2D eigenvalue weighted by molar-refractivity contribution is -0.122. The zero-order chi connectivity index (χ0) is 14.0. The van der Waals surface area contributed by atoms with Crippen molar-refractivity contribution in [3.05, 3.63) is 18.2 Å². The van der Waals surface area contributed by atoms with Crippen molar-refractivity contribution >= 4 is 27.1 Å². The molecule has 0 bridgehead atoms. The zero-order valence-electron chi connectivity index (χ0n) is 10.6. The van der Waals surface area contributed by atoms with Crippen LogP contribution in [-0.2, 0) is 14.6 Å². The van der Waals surface area contributed by atoms with Gasteiger partial charge in [-0.1, -0.05) is 0 Å². The first kappa shape index (κ1) is 13.7. The Kier molecular flexibility index (Phi) is 3.66. The van der Waals surface area contributed by atoms with E-state index in [-0.39, 0.29) is 16.8 Å². The molecule has 1 saturated heterocycles. The number of amides is 1. The summed E-state index contributed by atoms with van der Waals surface area (Å²) in [6, 6.07) is 4.74. The van der Waals surface area contributed by atoms with Gasteiger partial charge in [0.2, 0.25) is 5.91 Å². The lowest BCUT2D eigenvalue weighted by Gasteiger charge is -2.25. The Morgan fingerprint density at radius 3 is 2.68 bits per heavy atom. The monoisotopic (exact) mass is 283 g/mol. The quantitative estimate of drug-likeness (QED) is 0.695. The number of piperidine rings is 1. The average Bonchev–Trinajstić information content (AvgIpc) is 2.33. The molecule has 1 aromatic carbocycles. The summed E-state index contributed by atoms with van der Waals surface area (Å²) in [7, 11) is -3.25. The summed E-state index contributed by atoms with van der Waals surface area (Å²) < 4.78 is 22.8. The molecule has 1 aromatic rings. The Hall–Kier alpha value is -1.76. The van der Waals surface area contributed by atoms with Crippen molar-refractivity contribution in [2.75, 3.05) is 23.9 Å². The fourth-order valence-corrected chi connectivity index (χ4v) is 2.64. The summed E-state index contributed by atoms with van der Waals surface area (Å²) in [4.78, 5) is 11.3. The summed E-state index contributed by atoms with van der Waals surface area (Å²) in [5.41, 5.74) is 6.93. The Bertz CT molecular complexity index is 588. The highest BCUT2D eigenvalue weighted by atomic mass is 32.2. The molecule has 0 radical (unpaired) electrons. The second-order valence-electron chi connectivity index (χ2n) is 4.71. The van der Waals surface area contributed by atoms with Crippen molar-refractivity contribution in [3.63, 3.8) is 0 Å². The van der Waals surface area contributed by atoms with E-state index in [0.717, 1.165) is 12.7 Å². The van der Waals surface area contributed by atoms with Crippen molar-refractivity contribution in [1.82, 2.24) is 5.32 Å². The SMILES string of the molecule is CS(=O)(=O)c1ccc(NC2CCC(=O)NC2)c(N)c1. The number of carbonyl (C=O) groups excluding carboxylic acids is 1. The van der Waals surface area contributed by atoms with Gasteiger partial charge in [-0.05, 0) is 24.6 Å². The number of rotatable bonds is 3. The molecular formula is C12H17N3O3S. The van der Waals surface area contributed by atoms with Gasteiger partial charge >= 0.3 is 0 Å². The van der Waals surface area contributed by atoms with Crippen LogP contribution in [0.2, 0.25) is 0 Å². The van der Waals surface area contributed by atoms with Crippen LogP contribution in [0.5, 0.6) is 0 Å². The first-order chi connectivity index (χ1) is 8.86. The van der Waals surface area contributed by atoms with Gasteiger partial charge in [0.1, 0.15) is 0 Å². The maximum absolute atomic E-state index is 11.4. The standard InChI is InChI=1S/C12H17N3O3S/c1-19(17,18)9-3-4-11(10(13)6-9)15-8-2-5-12(16)14-7-8/h3-4,6,8,15H,2,5,7,13H2,1H3,(H,14,16). The predicted molar refractivity (Wildman–Crippen MR) is 73.6 cm³/mol. The van der Waals surface area contributed by atoms with Gasteiger partial charge in [0.05, 0.1) is 16.3 Å². The van der Waals surface area contributed by atoms with Gasteiger partial charge in [0.25, 0.3) is 0 Å². The van der Waals surface area contributed by atoms with Crippen molar-refractivity contribution in [2.45, 2.75) is 23.8 Å². The molecule has 0 aliphatic carbocycles. The molecule has 0 spiro atoms. The topological polar surface area (TPSA) is 101 Å². The third kappa shape index (κ3) is 3.37. The molecule has 1 fully saturated rings. The second kappa shape index (κ2) is 5.08. The highest BCUT2D eigenvalue weighted by Crippen LogP contribution is 2.24. The van der Waals surface area contributed by atoms with E-state index in [4.69, 9.17) is 5.73 Å². The van der Waals surface area contributed by atoms with Crippen LogP contribution in [0.15, 0.2) is 23.1 Å². The molecule has 19 heavy (non-hydrogen) atoms. The summed E-state index contributed by atoms with van der Waals surface area (Å²) in [6.45, 7) is 0.548. The lowest BCUT2D eigenvalue weighted by Crippen LogP contribution is -2.41. The number of nitrogens with one attached hydrogen (secondary N) is 2. The highest BCUT2D eigenvalue weighted by Gasteiger charge is 2.18. The van der Waals surface area contributed by atoms with Gasteiger partial charge in [0.15, 0.2) is 9.84 Å². The molecule has 1 aliphatic heterocycles. The first-order valence-electron chi connectivity index (χ1n) is 5.99. The van der Waals surface area contributed by atoms with Crippen LogP contribution in [-0.4, -0.2) is 33.2 Å². The maximum Gasteiger partial charge on any atom is 0.220 e. The number of carbonyl (C=O) groups is 1. The summed E-state index contributed by atoms with van der Waals surface area (Å²) in [5, 5.41) is 5.98. The molecule has 1 amide bonds. The molecule has 2 rings (SSSR count). The van der Waals surface area contributed by atoms with E-state index in [2.05, 4.69) is 10.6 Å². The van der Waals surface area contributed by atoms with Gasteiger partial charge in [-0.25, -0.2) is 8.42 Å². The summed E-state index contributed by atoms with van der Waals surface area (Å²) in [5.74, 6) is 0.0541. The Labute approximate surface area is 112 Å². The fourth-order valence-electron chi connectivity index (χ4n) is 1.98. The molecule has 0 aromatic heterocycles. The van der Waals surface area contributed by atoms with E-state index in [9.17, 15) is 13.2 Å². The van der Waals surface area contributed by atoms with Gasteiger partial charge < -0.3 is 16.4 Å². The van der Waals surface area contributed by atoms with E-state index in [1.807, 2.05) is 0 Å². The van der Waals surface area contributed by atoms with Crippen LogP contribution < -0.4 is 16.4 Å². The third-order valence-electron chi connectivity index (χ3n) is 3.08. The third-order valence-corrected chi connectivity index (χ3v) is 4.19. The van der Waals surface area contributed by atoms with E-state index in [1.54, 1.807) is 6.07 Å². The van der Waals surface area contributed by atoms with E-state index >= 15 is 0 Å². The molecule has 0 saturated carbocycles. The molecular weight excluding hydrogens is 266 g/mol. The van der Waals surface area contributed by atoms with Crippen molar-refractivity contribution < 1.29 is 13.2 Å². The Balaban J connectivity index is 2.11. The molecule has 7 heteroatoms. The van der Waals surface area contributed by atoms with Crippen molar-refractivity contribution in [2.24, 2.45) is 0 Å². The minimum Gasteiger partial charge on any atom is -0.397 e. The average molecular weight is 283 g/mol. The maximum atomic E-state index is 11.4. The summed E-state index contributed by atoms with van der Waals surface area (Å²) >= 11 is 0. The molecule has 4 N–H and O–H groups in total. The molecule has 1 heterocycles. The van der Waals surface area contributed by atoms with Gasteiger partial charge in [-0.2, -0.15) is 0 Å². The molecule has 1 unspecified atom stereocenters. The van der Waals surface area contributed by atoms with Crippen LogP contribution in [0, 0.1) is 0 Å². The zero-order valence-corrected chi connectivity index (χ0v) is 11.5.